The van der Waals surface area contributed by atoms with Gasteiger partial charge < -0.3 is 14.8 Å². The highest BCUT2D eigenvalue weighted by Crippen LogP contribution is 2.34. The monoisotopic (exact) mass is 257 g/mol. The van der Waals surface area contributed by atoms with Gasteiger partial charge in [0, 0.05) is 19.2 Å². The zero-order valence-corrected chi connectivity index (χ0v) is 12.6. The van der Waals surface area contributed by atoms with E-state index in [1.54, 1.807) is 0 Å². The van der Waals surface area contributed by atoms with Crippen molar-refractivity contribution in [3.63, 3.8) is 0 Å². The smallest absolute Gasteiger partial charge is 0.0810 e. The molecular weight excluding hydrogens is 226 g/mol. The Morgan fingerprint density at radius 3 is 2.72 bits per heavy atom. The van der Waals surface area contributed by atoms with E-state index in [0.29, 0.717) is 12.6 Å². The van der Waals surface area contributed by atoms with Crippen molar-refractivity contribution in [2.75, 3.05) is 26.4 Å². The summed E-state index contributed by atoms with van der Waals surface area (Å²) >= 11 is 0. The number of hydrogen-bond donors (Lipinski definition) is 1. The summed E-state index contributed by atoms with van der Waals surface area (Å²) in [4.78, 5) is 0. The van der Waals surface area contributed by atoms with Crippen LogP contribution in [0.3, 0.4) is 0 Å². The molecule has 1 N–H and O–H groups in total. The lowest BCUT2D eigenvalue weighted by molar-refractivity contribution is -0.0952. The van der Waals surface area contributed by atoms with Crippen LogP contribution in [0, 0.1) is 5.92 Å². The van der Waals surface area contributed by atoms with E-state index in [4.69, 9.17) is 9.47 Å². The van der Waals surface area contributed by atoms with Crippen molar-refractivity contribution < 1.29 is 9.47 Å². The molecule has 0 aromatic rings. The predicted octanol–water partition coefficient (Wildman–Crippen LogP) is 2.99. The molecule has 0 spiro atoms. The molecule has 0 aromatic carbocycles. The van der Waals surface area contributed by atoms with E-state index in [9.17, 15) is 0 Å². The molecule has 18 heavy (non-hydrogen) atoms. The van der Waals surface area contributed by atoms with E-state index in [0.717, 1.165) is 25.7 Å². The van der Waals surface area contributed by atoms with Gasteiger partial charge in [-0.3, -0.25) is 0 Å². The molecule has 1 saturated carbocycles. The van der Waals surface area contributed by atoms with Gasteiger partial charge in [-0.05, 0) is 25.7 Å². The normalized spacial score (nSPS) is 28.8. The van der Waals surface area contributed by atoms with Crippen LogP contribution in [0.1, 0.15) is 53.4 Å². The average Bonchev–Trinajstić information content (AvgIpc) is 2.33. The highest BCUT2D eigenvalue weighted by molar-refractivity contribution is 4.89. The molecule has 3 nitrogen and oxygen atoms in total. The van der Waals surface area contributed by atoms with Crippen LogP contribution in [0.4, 0.5) is 0 Å². The van der Waals surface area contributed by atoms with Gasteiger partial charge in [-0.15, -0.1) is 0 Å². The van der Waals surface area contributed by atoms with Crippen LogP contribution < -0.4 is 5.32 Å². The summed E-state index contributed by atoms with van der Waals surface area (Å²) < 4.78 is 11.6. The van der Waals surface area contributed by atoms with E-state index < -0.39 is 0 Å². The molecular formula is C15H31NO2. The first-order chi connectivity index (χ1) is 8.58. The summed E-state index contributed by atoms with van der Waals surface area (Å²) in [7, 11) is 0. The highest BCUT2D eigenvalue weighted by atomic mass is 16.5. The lowest BCUT2D eigenvalue weighted by Crippen LogP contribution is -2.48. The van der Waals surface area contributed by atoms with Gasteiger partial charge in [0.25, 0.3) is 0 Å². The lowest BCUT2D eigenvalue weighted by atomic mass is 9.78. The molecule has 0 heterocycles. The first-order valence-electron chi connectivity index (χ1n) is 7.53. The van der Waals surface area contributed by atoms with Crippen LogP contribution in [0.5, 0.6) is 0 Å². The van der Waals surface area contributed by atoms with E-state index in [2.05, 4.69) is 26.1 Å². The summed E-state index contributed by atoms with van der Waals surface area (Å²) in [6.07, 6.45) is 5.00. The van der Waals surface area contributed by atoms with E-state index in [-0.39, 0.29) is 5.60 Å². The van der Waals surface area contributed by atoms with Gasteiger partial charge in [-0.2, -0.15) is 0 Å². The Balaban J connectivity index is 2.44. The fourth-order valence-corrected chi connectivity index (χ4v) is 2.81. The second-order valence-electron chi connectivity index (χ2n) is 5.97. The molecule has 0 radical (unpaired) electrons. The lowest BCUT2D eigenvalue weighted by Gasteiger charge is -2.40. The Bertz CT molecular complexity index is 221. The highest BCUT2D eigenvalue weighted by Gasteiger charge is 2.35. The molecule has 1 rings (SSSR count). The summed E-state index contributed by atoms with van der Waals surface area (Å²) in [5.74, 6) is 0.778. The minimum absolute atomic E-state index is 0.0407. The predicted molar refractivity (Wildman–Crippen MR) is 75.9 cm³/mol. The molecule has 2 unspecified atom stereocenters. The fourth-order valence-electron chi connectivity index (χ4n) is 2.81. The minimum atomic E-state index is 0.0407. The third-order valence-electron chi connectivity index (χ3n) is 3.72. The Hall–Kier alpha value is -0.120. The molecule has 0 saturated heterocycles. The van der Waals surface area contributed by atoms with Crippen molar-refractivity contribution in [2.24, 2.45) is 5.92 Å². The average molecular weight is 257 g/mol. The zero-order chi connectivity index (χ0) is 13.4. The molecule has 1 aliphatic rings. The first-order valence-corrected chi connectivity index (χ1v) is 7.53. The van der Waals surface area contributed by atoms with Gasteiger partial charge in [-0.25, -0.2) is 0 Å². The standard InChI is InChI=1S/C15H31NO2/c1-5-17-9-10-18-15(12-16-13(2)3)8-6-7-14(4)11-15/h13-14,16H,5-12H2,1-4H3. The molecule has 2 atom stereocenters. The summed E-state index contributed by atoms with van der Waals surface area (Å²) in [5.41, 5.74) is 0.0407. The molecule has 0 bridgehead atoms. The molecule has 0 amide bonds. The van der Waals surface area contributed by atoms with Crippen molar-refractivity contribution >= 4 is 0 Å². The Morgan fingerprint density at radius 2 is 2.11 bits per heavy atom. The minimum Gasteiger partial charge on any atom is -0.379 e. The maximum absolute atomic E-state index is 6.21. The van der Waals surface area contributed by atoms with E-state index in [1.807, 2.05) is 6.92 Å². The van der Waals surface area contributed by atoms with Crippen LogP contribution in [-0.4, -0.2) is 38.0 Å². The van der Waals surface area contributed by atoms with Gasteiger partial charge >= 0.3 is 0 Å². The van der Waals surface area contributed by atoms with Crippen LogP contribution in [0.2, 0.25) is 0 Å². The van der Waals surface area contributed by atoms with Crippen molar-refractivity contribution in [2.45, 2.75) is 65.0 Å². The molecule has 0 aliphatic heterocycles. The van der Waals surface area contributed by atoms with Gasteiger partial charge in [0.2, 0.25) is 0 Å². The fraction of sp³-hybridized carbons (Fsp3) is 1.00. The summed E-state index contributed by atoms with van der Waals surface area (Å²) in [5, 5.41) is 3.55. The van der Waals surface area contributed by atoms with Crippen molar-refractivity contribution in [1.29, 1.82) is 0 Å². The van der Waals surface area contributed by atoms with Crippen LogP contribution in [-0.2, 0) is 9.47 Å². The van der Waals surface area contributed by atoms with Crippen molar-refractivity contribution in [3.05, 3.63) is 0 Å². The van der Waals surface area contributed by atoms with Gasteiger partial charge in [0.05, 0.1) is 18.8 Å². The maximum Gasteiger partial charge on any atom is 0.0810 e. The van der Waals surface area contributed by atoms with Gasteiger partial charge in [0.15, 0.2) is 0 Å². The Morgan fingerprint density at radius 1 is 1.33 bits per heavy atom. The number of rotatable bonds is 8. The molecule has 108 valence electrons. The Kier molecular flexibility index (Phi) is 7.20. The molecule has 1 aliphatic carbocycles. The van der Waals surface area contributed by atoms with E-state index >= 15 is 0 Å². The summed E-state index contributed by atoms with van der Waals surface area (Å²) in [6.45, 7) is 11.9. The third kappa shape index (κ3) is 5.68. The molecule has 3 heteroatoms. The molecule has 0 aromatic heterocycles. The first kappa shape index (κ1) is 15.9. The Labute approximate surface area is 113 Å². The number of hydrogen-bond acceptors (Lipinski definition) is 3. The third-order valence-corrected chi connectivity index (χ3v) is 3.72. The van der Waals surface area contributed by atoms with Crippen LogP contribution in [0.15, 0.2) is 0 Å². The zero-order valence-electron chi connectivity index (χ0n) is 12.6. The van der Waals surface area contributed by atoms with E-state index in [1.165, 1.54) is 25.7 Å². The second kappa shape index (κ2) is 8.13. The molecule has 1 fully saturated rings. The van der Waals surface area contributed by atoms with Gasteiger partial charge in [0.1, 0.15) is 0 Å². The van der Waals surface area contributed by atoms with Gasteiger partial charge in [-0.1, -0.05) is 33.6 Å². The van der Waals surface area contributed by atoms with Crippen LogP contribution in [0.25, 0.3) is 0 Å². The second-order valence-corrected chi connectivity index (χ2v) is 5.97. The maximum atomic E-state index is 6.21. The summed E-state index contributed by atoms with van der Waals surface area (Å²) in [6, 6.07) is 0.523. The van der Waals surface area contributed by atoms with Crippen molar-refractivity contribution in [3.8, 4) is 0 Å². The number of ether oxygens (including phenoxy) is 2. The largest absolute Gasteiger partial charge is 0.379 e. The topological polar surface area (TPSA) is 30.5 Å². The van der Waals surface area contributed by atoms with Crippen molar-refractivity contribution in [1.82, 2.24) is 5.32 Å². The quantitative estimate of drug-likeness (QED) is 0.678. The SMILES string of the molecule is CCOCCOC1(CNC(C)C)CCCC(C)C1. The van der Waals surface area contributed by atoms with Crippen LogP contribution >= 0.6 is 0 Å². The number of nitrogens with one attached hydrogen (secondary N) is 1.